The van der Waals surface area contributed by atoms with Crippen molar-refractivity contribution in [2.45, 2.75) is 44.7 Å². The molecule has 0 unspecified atom stereocenters. The first-order valence-electron chi connectivity index (χ1n) is 9.90. The second-order valence-corrected chi connectivity index (χ2v) is 7.71. The van der Waals surface area contributed by atoms with E-state index in [-0.39, 0.29) is 5.82 Å². The van der Waals surface area contributed by atoms with Gasteiger partial charge in [0.25, 0.3) is 0 Å². The molecular weight excluding hydrogens is 389 g/mol. The largest absolute Gasteiger partial charge is 0.367 e. The molecule has 1 aliphatic carbocycles. The van der Waals surface area contributed by atoms with Crippen LogP contribution < -0.4 is 10.6 Å². The van der Waals surface area contributed by atoms with Crippen molar-refractivity contribution in [2.24, 2.45) is 0 Å². The topological polar surface area (TPSA) is 62.7 Å². The van der Waals surface area contributed by atoms with Gasteiger partial charge in [-0.05, 0) is 36.6 Å². The van der Waals surface area contributed by atoms with Gasteiger partial charge in [-0.3, -0.25) is 4.98 Å². The van der Waals surface area contributed by atoms with E-state index in [0.717, 1.165) is 16.9 Å². The summed E-state index contributed by atoms with van der Waals surface area (Å²) in [5.41, 5.74) is 2.27. The average Bonchev–Trinajstić information content (AvgIpc) is 2.75. The van der Waals surface area contributed by atoms with Gasteiger partial charge in [0.15, 0.2) is 0 Å². The molecule has 0 aliphatic heterocycles. The Labute approximate surface area is 174 Å². The second kappa shape index (κ2) is 9.18. The fourth-order valence-electron chi connectivity index (χ4n) is 3.59. The second-order valence-electron chi connectivity index (χ2n) is 7.30. The molecule has 4 rings (SSSR count). The lowest BCUT2D eigenvalue weighted by atomic mass is 9.95. The molecule has 1 saturated carbocycles. The maximum Gasteiger partial charge on any atom is 0.145 e. The van der Waals surface area contributed by atoms with Crippen molar-refractivity contribution < 1.29 is 4.39 Å². The van der Waals surface area contributed by atoms with Crippen LogP contribution in [0.1, 0.15) is 37.7 Å². The number of anilines is 2. The molecule has 1 fully saturated rings. The van der Waals surface area contributed by atoms with Gasteiger partial charge in [0, 0.05) is 24.3 Å². The predicted molar refractivity (Wildman–Crippen MR) is 114 cm³/mol. The first-order chi connectivity index (χ1) is 14.2. The maximum atomic E-state index is 13.3. The highest BCUT2D eigenvalue weighted by molar-refractivity contribution is 6.33. The third kappa shape index (κ3) is 5.21. The van der Waals surface area contributed by atoms with Crippen LogP contribution in [0.15, 0.2) is 48.9 Å². The Kier molecular flexibility index (Phi) is 6.20. The molecule has 2 aromatic heterocycles. The summed E-state index contributed by atoms with van der Waals surface area (Å²) >= 11 is 6.40. The van der Waals surface area contributed by atoms with Crippen molar-refractivity contribution >= 4 is 23.2 Å². The molecule has 0 radical (unpaired) electrons. The SMILES string of the molecule is Fc1cccc(CNc2cncc(-c3cc(NC4CCCCC4)ncc3Cl)n2)c1. The number of halogens is 2. The van der Waals surface area contributed by atoms with Crippen molar-refractivity contribution in [2.75, 3.05) is 10.6 Å². The number of nitrogens with one attached hydrogen (secondary N) is 2. The third-order valence-corrected chi connectivity index (χ3v) is 5.39. The number of pyridine rings is 1. The summed E-state index contributed by atoms with van der Waals surface area (Å²) in [6, 6.07) is 8.84. The Morgan fingerprint density at radius 3 is 2.72 bits per heavy atom. The van der Waals surface area contributed by atoms with Gasteiger partial charge < -0.3 is 10.6 Å². The van der Waals surface area contributed by atoms with Gasteiger partial charge in [-0.25, -0.2) is 14.4 Å². The van der Waals surface area contributed by atoms with Gasteiger partial charge in [0.05, 0.1) is 23.1 Å². The van der Waals surface area contributed by atoms with Crippen molar-refractivity contribution in [3.63, 3.8) is 0 Å². The van der Waals surface area contributed by atoms with E-state index >= 15 is 0 Å². The van der Waals surface area contributed by atoms with Crippen molar-refractivity contribution in [1.29, 1.82) is 0 Å². The molecule has 150 valence electrons. The molecule has 2 heterocycles. The summed E-state index contributed by atoms with van der Waals surface area (Å²) in [5, 5.41) is 7.22. The van der Waals surface area contributed by atoms with Gasteiger partial charge >= 0.3 is 0 Å². The zero-order chi connectivity index (χ0) is 20.1. The highest BCUT2D eigenvalue weighted by Gasteiger charge is 2.15. The minimum absolute atomic E-state index is 0.259. The molecule has 0 spiro atoms. The van der Waals surface area contributed by atoms with E-state index in [1.165, 1.54) is 44.2 Å². The summed E-state index contributed by atoms with van der Waals surface area (Å²) in [4.78, 5) is 13.3. The van der Waals surface area contributed by atoms with Crippen LogP contribution in [0.2, 0.25) is 5.02 Å². The zero-order valence-electron chi connectivity index (χ0n) is 16.0. The Morgan fingerprint density at radius 1 is 1.03 bits per heavy atom. The van der Waals surface area contributed by atoms with Gasteiger partial charge in [0.2, 0.25) is 0 Å². The zero-order valence-corrected chi connectivity index (χ0v) is 16.8. The molecule has 7 heteroatoms. The van der Waals surface area contributed by atoms with Crippen LogP contribution >= 0.6 is 11.6 Å². The molecule has 5 nitrogen and oxygen atoms in total. The molecule has 3 aromatic rings. The minimum atomic E-state index is -0.259. The first-order valence-corrected chi connectivity index (χ1v) is 10.3. The summed E-state index contributed by atoms with van der Waals surface area (Å²) < 4.78 is 13.3. The monoisotopic (exact) mass is 411 g/mol. The number of nitrogens with zero attached hydrogens (tertiary/aromatic N) is 3. The number of aromatic nitrogens is 3. The lowest BCUT2D eigenvalue weighted by Gasteiger charge is -2.23. The van der Waals surface area contributed by atoms with Crippen LogP contribution in [0.25, 0.3) is 11.3 Å². The molecule has 0 bridgehead atoms. The number of hydrogen-bond donors (Lipinski definition) is 2. The summed E-state index contributed by atoms with van der Waals surface area (Å²) in [7, 11) is 0. The number of rotatable bonds is 6. The smallest absolute Gasteiger partial charge is 0.145 e. The molecule has 29 heavy (non-hydrogen) atoms. The van der Waals surface area contributed by atoms with Crippen molar-refractivity contribution in [1.82, 2.24) is 15.0 Å². The normalized spacial score (nSPS) is 14.6. The Morgan fingerprint density at radius 2 is 1.90 bits per heavy atom. The van der Waals surface area contributed by atoms with Crippen LogP contribution in [0.3, 0.4) is 0 Å². The molecule has 1 aromatic carbocycles. The molecular formula is C22H23ClFN5. The minimum Gasteiger partial charge on any atom is -0.367 e. The Balaban J connectivity index is 1.50. The molecule has 1 aliphatic rings. The Bertz CT molecular complexity index is 975. The Hall–Kier alpha value is -2.73. The van der Waals surface area contributed by atoms with E-state index in [4.69, 9.17) is 11.6 Å². The van der Waals surface area contributed by atoms with Gasteiger partial charge in [-0.2, -0.15) is 0 Å². The molecule has 0 amide bonds. The number of hydrogen-bond acceptors (Lipinski definition) is 5. The summed E-state index contributed by atoms with van der Waals surface area (Å²) in [5.74, 6) is 1.14. The van der Waals surface area contributed by atoms with Crippen LogP contribution in [0, 0.1) is 5.82 Å². The van der Waals surface area contributed by atoms with E-state index in [0.29, 0.717) is 29.1 Å². The van der Waals surface area contributed by atoms with Crippen LogP contribution in [-0.2, 0) is 6.54 Å². The van der Waals surface area contributed by atoms with Crippen LogP contribution in [0.4, 0.5) is 16.0 Å². The first kappa shape index (κ1) is 19.6. The van der Waals surface area contributed by atoms with E-state index in [2.05, 4.69) is 25.6 Å². The van der Waals surface area contributed by atoms with Crippen molar-refractivity contribution in [3.8, 4) is 11.3 Å². The standard InChI is InChI=1S/C22H23ClFN5/c23-19-12-27-21(28-17-7-2-1-3-8-17)10-18(19)20-13-25-14-22(29-20)26-11-15-5-4-6-16(24)9-15/h4-6,9-10,12-14,17H,1-3,7-8,11H2,(H,26,29)(H,27,28). The fraction of sp³-hybridized carbons (Fsp3) is 0.318. The fourth-order valence-corrected chi connectivity index (χ4v) is 3.79. The quantitative estimate of drug-likeness (QED) is 0.545. The average molecular weight is 412 g/mol. The lowest BCUT2D eigenvalue weighted by molar-refractivity contribution is 0.462. The highest BCUT2D eigenvalue weighted by atomic mass is 35.5. The highest BCUT2D eigenvalue weighted by Crippen LogP contribution is 2.29. The van der Waals surface area contributed by atoms with Gasteiger partial charge in [-0.15, -0.1) is 0 Å². The van der Waals surface area contributed by atoms with Gasteiger partial charge in [-0.1, -0.05) is 43.0 Å². The maximum absolute atomic E-state index is 13.3. The van der Waals surface area contributed by atoms with E-state index < -0.39 is 0 Å². The van der Waals surface area contributed by atoms with Crippen LogP contribution in [0.5, 0.6) is 0 Å². The summed E-state index contributed by atoms with van der Waals surface area (Å²) in [6.45, 7) is 0.453. The predicted octanol–water partition coefficient (Wildman–Crippen LogP) is 5.69. The summed E-state index contributed by atoms with van der Waals surface area (Å²) in [6.07, 6.45) is 11.1. The van der Waals surface area contributed by atoms with Crippen LogP contribution in [-0.4, -0.2) is 21.0 Å². The van der Waals surface area contributed by atoms with Gasteiger partial charge in [0.1, 0.15) is 17.5 Å². The molecule has 2 N–H and O–H groups in total. The van der Waals surface area contributed by atoms with E-state index in [9.17, 15) is 4.39 Å². The van der Waals surface area contributed by atoms with E-state index in [1.807, 2.05) is 12.1 Å². The van der Waals surface area contributed by atoms with Crippen molar-refractivity contribution in [3.05, 3.63) is 65.3 Å². The number of benzene rings is 1. The molecule has 0 atom stereocenters. The molecule has 0 saturated heterocycles. The van der Waals surface area contributed by atoms with E-state index in [1.54, 1.807) is 24.7 Å². The third-order valence-electron chi connectivity index (χ3n) is 5.09. The lowest BCUT2D eigenvalue weighted by Crippen LogP contribution is -2.22.